The zero-order valence-corrected chi connectivity index (χ0v) is 20.5. The van der Waals surface area contributed by atoms with Crippen molar-refractivity contribution >= 4 is 23.9 Å². The lowest BCUT2D eigenvalue weighted by molar-refractivity contribution is -0.203. The average molecular weight is 487 g/mol. The molecule has 34 heavy (non-hydrogen) atoms. The monoisotopic (exact) mass is 486 g/mol. The van der Waals surface area contributed by atoms with Crippen LogP contribution in [0.25, 0.3) is 0 Å². The predicted molar refractivity (Wildman–Crippen MR) is 122 cm³/mol. The normalized spacial score (nSPS) is 14.2. The quantitative estimate of drug-likeness (QED) is 0.136. The molecule has 0 heterocycles. The molecule has 0 aliphatic heterocycles. The zero-order chi connectivity index (χ0) is 26.3. The van der Waals surface area contributed by atoms with E-state index in [0.717, 1.165) is 25.7 Å². The Morgan fingerprint density at radius 1 is 0.618 bits per heavy atom. The lowest BCUT2D eigenvalue weighted by atomic mass is 10.1. The maximum absolute atomic E-state index is 11.9. The van der Waals surface area contributed by atoms with Gasteiger partial charge in [0.05, 0.1) is 0 Å². The number of unbranched alkanes of at least 4 members (excludes halogenated alkanes) is 5. The van der Waals surface area contributed by atoms with Crippen molar-refractivity contribution in [3.05, 3.63) is 24.3 Å². The summed E-state index contributed by atoms with van der Waals surface area (Å²) in [5, 5.41) is 19.2. The van der Waals surface area contributed by atoms with Gasteiger partial charge in [-0.1, -0.05) is 38.8 Å². The minimum Gasteiger partial charge on any atom is -0.422 e. The highest BCUT2D eigenvalue weighted by Gasteiger charge is 2.25. The van der Waals surface area contributed by atoms with Crippen molar-refractivity contribution in [1.29, 1.82) is 0 Å². The summed E-state index contributed by atoms with van der Waals surface area (Å²) in [6.07, 6.45) is -0.578. The fourth-order valence-corrected chi connectivity index (χ4v) is 2.48. The SMILES string of the molecule is C=C(C)C(=O)OC(OC(=O)CCCCCCCCC(=O)OC(OC(=O)C(=C)C)C(C)O)C(C)O. The van der Waals surface area contributed by atoms with E-state index in [-0.39, 0.29) is 24.0 Å². The molecule has 0 aliphatic rings. The number of ether oxygens (including phenoxy) is 4. The Hall–Kier alpha value is -2.72. The van der Waals surface area contributed by atoms with Gasteiger partial charge in [-0.25, -0.2) is 9.59 Å². The molecule has 10 nitrogen and oxygen atoms in total. The lowest BCUT2D eigenvalue weighted by Gasteiger charge is -2.20. The van der Waals surface area contributed by atoms with Crippen LogP contribution in [-0.4, -0.2) is 58.9 Å². The van der Waals surface area contributed by atoms with Gasteiger partial charge in [0.25, 0.3) is 12.6 Å². The smallest absolute Gasteiger partial charge is 0.336 e. The third-order valence-electron chi connectivity index (χ3n) is 4.44. The van der Waals surface area contributed by atoms with Gasteiger partial charge in [-0.2, -0.15) is 0 Å². The summed E-state index contributed by atoms with van der Waals surface area (Å²) in [5.74, 6) is -2.67. The molecule has 2 N–H and O–H groups in total. The number of carbonyl (C=O) groups excluding carboxylic acids is 4. The molecule has 0 bridgehead atoms. The predicted octanol–water partition coefficient (Wildman–Crippen LogP) is 2.85. The van der Waals surface area contributed by atoms with Gasteiger partial charge in [0.1, 0.15) is 12.2 Å². The number of aliphatic hydroxyl groups excluding tert-OH is 2. The van der Waals surface area contributed by atoms with Crippen molar-refractivity contribution in [3.63, 3.8) is 0 Å². The van der Waals surface area contributed by atoms with Crippen LogP contribution in [0.5, 0.6) is 0 Å². The number of rotatable bonds is 17. The van der Waals surface area contributed by atoms with Crippen LogP contribution in [0.1, 0.15) is 79.1 Å². The first-order valence-electron chi connectivity index (χ1n) is 11.3. The summed E-state index contributed by atoms with van der Waals surface area (Å²) >= 11 is 0. The van der Waals surface area contributed by atoms with E-state index in [4.69, 9.17) is 18.9 Å². The van der Waals surface area contributed by atoms with E-state index in [2.05, 4.69) is 13.2 Å². The maximum atomic E-state index is 11.9. The maximum Gasteiger partial charge on any atom is 0.336 e. The molecule has 0 saturated carbocycles. The fraction of sp³-hybridized carbons (Fsp3) is 0.667. The van der Waals surface area contributed by atoms with E-state index < -0.39 is 48.7 Å². The Bertz CT molecular complexity index is 651. The molecule has 4 atom stereocenters. The topological polar surface area (TPSA) is 146 Å². The summed E-state index contributed by atoms with van der Waals surface area (Å²) in [5.41, 5.74) is 0.257. The Labute approximate surface area is 200 Å². The molecule has 10 heteroatoms. The molecule has 0 amide bonds. The first kappa shape index (κ1) is 31.3. The molecule has 0 spiro atoms. The fourth-order valence-electron chi connectivity index (χ4n) is 2.48. The van der Waals surface area contributed by atoms with Crippen LogP contribution in [0.15, 0.2) is 24.3 Å². The van der Waals surface area contributed by atoms with Crippen LogP contribution >= 0.6 is 0 Å². The molecule has 4 unspecified atom stereocenters. The van der Waals surface area contributed by atoms with Crippen LogP contribution in [0, 0.1) is 0 Å². The van der Waals surface area contributed by atoms with Gasteiger partial charge >= 0.3 is 23.9 Å². The minimum absolute atomic E-state index is 0.115. The van der Waals surface area contributed by atoms with E-state index in [1.807, 2.05) is 0 Å². The van der Waals surface area contributed by atoms with Crippen LogP contribution in [-0.2, 0) is 38.1 Å². The number of hydrogen-bond donors (Lipinski definition) is 2. The number of hydrogen-bond acceptors (Lipinski definition) is 10. The van der Waals surface area contributed by atoms with E-state index in [9.17, 15) is 29.4 Å². The molecular weight excluding hydrogens is 448 g/mol. The highest BCUT2D eigenvalue weighted by Crippen LogP contribution is 2.13. The van der Waals surface area contributed by atoms with Crippen molar-refractivity contribution in [2.45, 2.75) is 104 Å². The average Bonchev–Trinajstić information content (AvgIpc) is 2.73. The van der Waals surface area contributed by atoms with E-state index >= 15 is 0 Å². The summed E-state index contributed by atoms with van der Waals surface area (Å²) in [4.78, 5) is 46.9. The van der Waals surface area contributed by atoms with Crippen LogP contribution in [0.2, 0.25) is 0 Å². The van der Waals surface area contributed by atoms with Crippen molar-refractivity contribution < 1.29 is 48.3 Å². The second-order valence-corrected chi connectivity index (χ2v) is 8.19. The van der Waals surface area contributed by atoms with Crippen LogP contribution < -0.4 is 0 Å². The second-order valence-electron chi connectivity index (χ2n) is 8.19. The Kier molecular flexibility index (Phi) is 15.5. The molecule has 0 fully saturated rings. The molecule has 0 radical (unpaired) electrons. The number of carbonyl (C=O) groups is 4. The molecule has 194 valence electrons. The Balaban J connectivity index is 4.04. The van der Waals surface area contributed by atoms with E-state index in [1.54, 1.807) is 0 Å². The van der Waals surface area contributed by atoms with Gasteiger partial charge in [-0.15, -0.1) is 0 Å². The standard InChI is InChI=1S/C24H38O10/c1-15(2)21(29)33-23(17(5)25)31-19(27)13-11-9-7-8-10-12-14-20(28)32-24(18(6)26)34-22(30)16(3)4/h17-18,23-26H,1,3,7-14H2,2,4-6H3. The largest absolute Gasteiger partial charge is 0.422 e. The zero-order valence-electron chi connectivity index (χ0n) is 20.5. The lowest BCUT2D eigenvalue weighted by Crippen LogP contribution is -2.34. The van der Waals surface area contributed by atoms with Crippen molar-refractivity contribution in [1.82, 2.24) is 0 Å². The van der Waals surface area contributed by atoms with E-state index in [1.165, 1.54) is 27.7 Å². The molecule has 0 saturated heterocycles. The third kappa shape index (κ3) is 14.4. The highest BCUT2D eigenvalue weighted by atomic mass is 16.7. The van der Waals surface area contributed by atoms with Crippen molar-refractivity contribution in [2.75, 3.05) is 0 Å². The Morgan fingerprint density at radius 2 is 0.912 bits per heavy atom. The van der Waals surface area contributed by atoms with Crippen LogP contribution in [0.4, 0.5) is 0 Å². The second kappa shape index (κ2) is 16.8. The van der Waals surface area contributed by atoms with Crippen molar-refractivity contribution in [3.8, 4) is 0 Å². The van der Waals surface area contributed by atoms with Crippen LogP contribution in [0.3, 0.4) is 0 Å². The third-order valence-corrected chi connectivity index (χ3v) is 4.44. The van der Waals surface area contributed by atoms with Gasteiger partial charge in [0.2, 0.25) is 0 Å². The minimum atomic E-state index is -1.38. The van der Waals surface area contributed by atoms with Gasteiger partial charge in [-0.3, -0.25) is 9.59 Å². The number of esters is 4. The van der Waals surface area contributed by atoms with Gasteiger partial charge in [0.15, 0.2) is 0 Å². The first-order valence-corrected chi connectivity index (χ1v) is 11.3. The highest BCUT2D eigenvalue weighted by molar-refractivity contribution is 5.87. The molecular formula is C24H38O10. The summed E-state index contributed by atoms with van der Waals surface area (Å²) in [6.45, 7) is 12.4. The van der Waals surface area contributed by atoms with Gasteiger partial charge in [0, 0.05) is 24.0 Å². The van der Waals surface area contributed by atoms with Crippen molar-refractivity contribution in [2.24, 2.45) is 0 Å². The summed E-state index contributed by atoms with van der Waals surface area (Å²) < 4.78 is 19.8. The summed E-state index contributed by atoms with van der Waals surface area (Å²) in [6, 6.07) is 0. The molecule has 0 aliphatic carbocycles. The molecule has 0 aromatic carbocycles. The molecule has 0 rings (SSSR count). The Morgan fingerprint density at radius 3 is 1.18 bits per heavy atom. The number of aliphatic hydroxyl groups is 2. The van der Waals surface area contributed by atoms with E-state index in [0.29, 0.717) is 12.8 Å². The first-order chi connectivity index (χ1) is 15.8. The molecule has 0 aromatic rings. The van der Waals surface area contributed by atoms with Gasteiger partial charge < -0.3 is 29.2 Å². The summed E-state index contributed by atoms with van der Waals surface area (Å²) in [7, 11) is 0. The van der Waals surface area contributed by atoms with Gasteiger partial charge in [-0.05, 0) is 40.5 Å². The molecule has 0 aromatic heterocycles.